The average molecular weight is 368 g/mol. The minimum Gasteiger partial charge on any atom is -0.340 e. The van der Waals surface area contributed by atoms with E-state index in [1.54, 1.807) is 12.3 Å². The molecule has 0 radical (unpaired) electrons. The van der Waals surface area contributed by atoms with Crippen LogP contribution in [0.15, 0.2) is 54.7 Å². The number of benzene rings is 2. The van der Waals surface area contributed by atoms with Gasteiger partial charge in [0.05, 0.1) is 0 Å². The van der Waals surface area contributed by atoms with Gasteiger partial charge >= 0.3 is 0 Å². The Bertz CT molecular complexity index is 945. The number of carbonyl (C=O) groups excluding carboxylic acids is 1. The Hall–Kier alpha value is -3.12. The predicted molar refractivity (Wildman–Crippen MR) is 106 cm³/mol. The third-order valence-electron chi connectivity index (χ3n) is 3.63. The molecule has 1 heterocycles. The summed E-state index contributed by atoms with van der Waals surface area (Å²) in [6, 6.07) is 14.8. The van der Waals surface area contributed by atoms with E-state index in [9.17, 15) is 4.79 Å². The highest BCUT2D eigenvalue weighted by Gasteiger charge is 2.06. The second kappa shape index (κ2) is 7.84. The van der Waals surface area contributed by atoms with Crippen molar-refractivity contribution < 1.29 is 4.79 Å². The van der Waals surface area contributed by atoms with Crippen LogP contribution in [0.3, 0.4) is 0 Å². The Balaban J connectivity index is 1.77. The topological polar surface area (TPSA) is 78.9 Å². The normalized spacial score (nSPS) is 10.3. The number of halogens is 1. The highest BCUT2D eigenvalue weighted by molar-refractivity contribution is 6.31. The summed E-state index contributed by atoms with van der Waals surface area (Å²) in [6.45, 7) is 3.40. The van der Waals surface area contributed by atoms with Crippen LogP contribution < -0.4 is 16.0 Å². The Labute approximate surface area is 156 Å². The van der Waals surface area contributed by atoms with Gasteiger partial charge in [-0.2, -0.15) is 4.98 Å². The van der Waals surface area contributed by atoms with Crippen LogP contribution in [0.4, 0.5) is 28.8 Å². The van der Waals surface area contributed by atoms with Gasteiger partial charge in [0.25, 0.3) is 0 Å². The minimum absolute atomic E-state index is 0.118. The Kier molecular flexibility index (Phi) is 5.34. The molecule has 2 aromatic carbocycles. The lowest BCUT2D eigenvalue weighted by Crippen LogP contribution is -2.06. The lowest BCUT2D eigenvalue weighted by Gasteiger charge is -2.11. The van der Waals surface area contributed by atoms with Crippen molar-refractivity contribution >= 4 is 46.3 Å². The zero-order chi connectivity index (χ0) is 18.5. The predicted octanol–water partition coefficient (Wildman–Crippen LogP) is 4.88. The van der Waals surface area contributed by atoms with E-state index in [2.05, 4.69) is 25.9 Å². The third-order valence-corrected chi connectivity index (χ3v) is 4.03. The molecule has 0 unspecified atom stereocenters. The number of amides is 1. The molecular weight excluding hydrogens is 350 g/mol. The summed E-state index contributed by atoms with van der Waals surface area (Å²) in [6.07, 6.45) is 1.66. The molecule has 0 spiro atoms. The fraction of sp³-hybridized carbons (Fsp3) is 0.105. The Morgan fingerprint density at radius 3 is 2.62 bits per heavy atom. The standard InChI is InChI=1S/C19H18ClN5O/c1-12-16(20)7-4-8-17(12)24-19-21-10-9-18(25-19)23-15-6-3-5-14(11-15)22-13(2)26/h3-11H,1-2H3,(H,22,26)(H2,21,23,24,25). The van der Waals surface area contributed by atoms with Crippen LogP contribution >= 0.6 is 11.6 Å². The molecule has 0 atom stereocenters. The van der Waals surface area contributed by atoms with Crippen molar-refractivity contribution in [3.63, 3.8) is 0 Å². The van der Waals surface area contributed by atoms with Crippen molar-refractivity contribution in [1.29, 1.82) is 0 Å². The number of anilines is 5. The van der Waals surface area contributed by atoms with Crippen LogP contribution in [-0.2, 0) is 4.79 Å². The first-order valence-corrected chi connectivity index (χ1v) is 8.39. The van der Waals surface area contributed by atoms with Crippen molar-refractivity contribution in [3.05, 3.63) is 65.3 Å². The van der Waals surface area contributed by atoms with Crippen molar-refractivity contribution in [2.45, 2.75) is 13.8 Å². The third kappa shape index (κ3) is 4.49. The van der Waals surface area contributed by atoms with E-state index in [0.717, 1.165) is 16.9 Å². The van der Waals surface area contributed by atoms with Gasteiger partial charge in [-0.05, 0) is 48.9 Å². The van der Waals surface area contributed by atoms with Gasteiger partial charge in [0, 0.05) is 35.2 Å². The number of aromatic nitrogens is 2. The number of nitrogens with one attached hydrogen (secondary N) is 3. The molecule has 3 rings (SSSR count). The number of nitrogens with zero attached hydrogens (tertiary/aromatic N) is 2. The van der Waals surface area contributed by atoms with Gasteiger partial charge in [0.1, 0.15) is 5.82 Å². The van der Waals surface area contributed by atoms with Crippen LogP contribution in [0.2, 0.25) is 5.02 Å². The number of hydrogen-bond donors (Lipinski definition) is 3. The monoisotopic (exact) mass is 367 g/mol. The molecule has 0 saturated carbocycles. The molecule has 7 heteroatoms. The molecule has 3 aromatic rings. The van der Waals surface area contributed by atoms with Crippen molar-refractivity contribution in [3.8, 4) is 0 Å². The molecule has 1 amide bonds. The molecule has 0 saturated heterocycles. The van der Waals surface area contributed by atoms with Gasteiger partial charge in [-0.1, -0.05) is 23.7 Å². The van der Waals surface area contributed by atoms with E-state index in [4.69, 9.17) is 11.6 Å². The summed E-state index contributed by atoms with van der Waals surface area (Å²) in [7, 11) is 0. The van der Waals surface area contributed by atoms with Crippen LogP contribution in [0, 0.1) is 6.92 Å². The Morgan fingerprint density at radius 1 is 1.04 bits per heavy atom. The molecule has 0 bridgehead atoms. The van der Waals surface area contributed by atoms with Gasteiger partial charge in [0.15, 0.2) is 0 Å². The summed E-state index contributed by atoms with van der Waals surface area (Å²) in [5.74, 6) is 0.966. The van der Waals surface area contributed by atoms with Gasteiger partial charge in [-0.15, -0.1) is 0 Å². The molecule has 0 fully saturated rings. The molecular formula is C19H18ClN5O. The first kappa shape index (κ1) is 17.7. The van der Waals surface area contributed by atoms with Crippen molar-refractivity contribution in [2.75, 3.05) is 16.0 Å². The largest absolute Gasteiger partial charge is 0.340 e. The lowest BCUT2D eigenvalue weighted by molar-refractivity contribution is -0.114. The number of rotatable bonds is 5. The molecule has 0 aliphatic heterocycles. The molecule has 0 aliphatic carbocycles. The van der Waals surface area contributed by atoms with E-state index in [-0.39, 0.29) is 5.91 Å². The fourth-order valence-electron chi connectivity index (χ4n) is 2.38. The zero-order valence-electron chi connectivity index (χ0n) is 14.4. The maximum atomic E-state index is 11.2. The smallest absolute Gasteiger partial charge is 0.229 e. The molecule has 0 aliphatic rings. The highest BCUT2D eigenvalue weighted by atomic mass is 35.5. The molecule has 6 nitrogen and oxygen atoms in total. The van der Waals surface area contributed by atoms with Crippen LogP contribution in [0.25, 0.3) is 0 Å². The van der Waals surface area contributed by atoms with Gasteiger partial charge in [-0.25, -0.2) is 4.98 Å². The van der Waals surface area contributed by atoms with Crippen molar-refractivity contribution in [2.24, 2.45) is 0 Å². The zero-order valence-corrected chi connectivity index (χ0v) is 15.1. The van der Waals surface area contributed by atoms with Gasteiger partial charge in [0.2, 0.25) is 11.9 Å². The Morgan fingerprint density at radius 2 is 1.81 bits per heavy atom. The van der Waals surface area contributed by atoms with E-state index in [1.807, 2.05) is 49.4 Å². The van der Waals surface area contributed by atoms with E-state index >= 15 is 0 Å². The summed E-state index contributed by atoms with van der Waals surface area (Å²) < 4.78 is 0. The fourth-order valence-corrected chi connectivity index (χ4v) is 2.55. The minimum atomic E-state index is -0.118. The molecule has 132 valence electrons. The molecule has 1 aromatic heterocycles. The van der Waals surface area contributed by atoms with E-state index < -0.39 is 0 Å². The lowest BCUT2D eigenvalue weighted by atomic mass is 10.2. The summed E-state index contributed by atoms with van der Waals surface area (Å²) >= 11 is 6.15. The van der Waals surface area contributed by atoms with Crippen LogP contribution in [0.5, 0.6) is 0 Å². The van der Waals surface area contributed by atoms with Crippen molar-refractivity contribution in [1.82, 2.24) is 9.97 Å². The van der Waals surface area contributed by atoms with E-state index in [1.165, 1.54) is 6.92 Å². The second-order valence-electron chi connectivity index (χ2n) is 5.69. The summed E-state index contributed by atoms with van der Waals surface area (Å²) in [5.41, 5.74) is 3.30. The molecule has 26 heavy (non-hydrogen) atoms. The summed E-state index contributed by atoms with van der Waals surface area (Å²) in [5, 5.41) is 9.80. The first-order valence-electron chi connectivity index (χ1n) is 8.01. The van der Waals surface area contributed by atoms with E-state index in [0.29, 0.717) is 22.5 Å². The first-order chi connectivity index (χ1) is 12.5. The molecule has 3 N–H and O–H groups in total. The number of hydrogen-bond acceptors (Lipinski definition) is 5. The van der Waals surface area contributed by atoms with Gasteiger partial charge in [-0.3, -0.25) is 4.79 Å². The summed E-state index contributed by atoms with van der Waals surface area (Å²) in [4.78, 5) is 19.9. The van der Waals surface area contributed by atoms with Gasteiger partial charge < -0.3 is 16.0 Å². The maximum Gasteiger partial charge on any atom is 0.229 e. The SMILES string of the molecule is CC(=O)Nc1cccc(Nc2ccnc(Nc3cccc(Cl)c3C)n2)c1. The quantitative estimate of drug-likeness (QED) is 0.598. The number of carbonyl (C=O) groups is 1. The second-order valence-corrected chi connectivity index (χ2v) is 6.10. The average Bonchev–Trinajstić information content (AvgIpc) is 2.59. The highest BCUT2D eigenvalue weighted by Crippen LogP contribution is 2.25. The van der Waals surface area contributed by atoms with Crippen LogP contribution in [0.1, 0.15) is 12.5 Å². The van der Waals surface area contributed by atoms with Crippen LogP contribution in [-0.4, -0.2) is 15.9 Å². The maximum absolute atomic E-state index is 11.2.